The van der Waals surface area contributed by atoms with Crippen LogP contribution in [0.4, 0.5) is 4.79 Å². The van der Waals surface area contributed by atoms with Crippen molar-refractivity contribution in [1.29, 1.82) is 0 Å². The zero-order valence-corrected chi connectivity index (χ0v) is 13.2. The first kappa shape index (κ1) is 18.1. The minimum atomic E-state index is -1.21. The maximum atomic E-state index is 12.1. The average molecular weight is 326 g/mol. The normalized spacial score (nSPS) is 11.1. The van der Waals surface area contributed by atoms with Gasteiger partial charge in [-0.2, -0.15) is 0 Å². The lowest BCUT2D eigenvalue weighted by molar-refractivity contribution is -0.127. The number of nitrogens with one attached hydrogen (secondary N) is 1. The topological polar surface area (TPSA) is 126 Å². The van der Waals surface area contributed by atoms with E-state index >= 15 is 0 Å². The lowest BCUT2D eigenvalue weighted by Gasteiger charge is -2.15. The summed E-state index contributed by atoms with van der Waals surface area (Å²) >= 11 is 0. The van der Waals surface area contributed by atoms with Gasteiger partial charge in [0.1, 0.15) is 0 Å². The van der Waals surface area contributed by atoms with Crippen molar-refractivity contribution in [3.8, 4) is 17.2 Å². The molecule has 9 heteroatoms. The highest BCUT2D eigenvalue weighted by molar-refractivity contribution is 5.98. The van der Waals surface area contributed by atoms with Gasteiger partial charge in [-0.1, -0.05) is 0 Å². The van der Waals surface area contributed by atoms with Crippen LogP contribution in [0.15, 0.2) is 12.1 Å². The molecule has 3 amide bonds. The highest BCUT2D eigenvalue weighted by Gasteiger charge is 2.22. The van der Waals surface area contributed by atoms with Crippen LogP contribution in [-0.4, -0.2) is 45.3 Å². The van der Waals surface area contributed by atoms with Gasteiger partial charge in [0.2, 0.25) is 5.75 Å². The molecule has 0 aromatic heterocycles. The van der Waals surface area contributed by atoms with Gasteiger partial charge in [-0.15, -0.1) is 0 Å². The quantitative estimate of drug-likeness (QED) is 0.727. The van der Waals surface area contributed by atoms with Crippen LogP contribution in [0.1, 0.15) is 17.3 Å². The van der Waals surface area contributed by atoms with Crippen molar-refractivity contribution in [3.63, 3.8) is 0 Å². The summed E-state index contributed by atoms with van der Waals surface area (Å²) in [7, 11) is 4.22. The molecule has 0 aliphatic carbocycles. The van der Waals surface area contributed by atoms with E-state index in [1.165, 1.54) is 40.4 Å². The Kier molecular flexibility index (Phi) is 6.19. The molecule has 0 heterocycles. The molecule has 1 atom stereocenters. The number of benzene rings is 1. The first-order chi connectivity index (χ1) is 10.8. The van der Waals surface area contributed by atoms with Crippen molar-refractivity contribution < 1.29 is 33.3 Å². The molecule has 0 fully saturated rings. The molecule has 1 aromatic carbocycles. The lowest BCUT2D eigenvalue weighted by Crippen LogP contribution is -2.42. The molecule has 126 valence electrons. The Bertz CT molecular complexity index is 590. The van der Waals surface area contributed by atoms with Crippen molar-refractivity contribution in [1.82, 2.24) is 5.32 Å². The smallest absolute Gasteiger partial charge is 0.339 e. The van der Waals surface area contributed by atoms with E-state index < -0.39 is 24.0 Å². The maximum absolute atomic E-state index is 12.1. The monoisotopic (exact) mass is 326 g/mol. The number of urea groups is 1. The van der Waals surface area contributed by atoms with E-state index in [4.69, 9.17) is 24.7 Å². The molecule has 0 aliphatic heterocycles. The Balaban J connectivity index is 3.00. The second-order valence-corrected chi connectivity index (χ2v) is 4.32. The Hall–Kier alpha value is -2.97. The molecule has 0 spiro atoms. The van der Waals surface area contributed by atoms with Crippen LogP contribution in [0.2, 0.25) is 0 Å². The van der Waals surface area contributed by atoms with Crippen LogP contribution in [0, 0.1) is 0 Å². The Morgan fingerprint density at radius 3 is 1.96 bits per heavy atom. The molecule has 23 heavy (non-hydrogen) atoms. The summed E-state index contributed by atoms with van der Waals surface area (Å²) in [5.74, 6) is -0.818. The fourth-order valence-corrected chi connectivity index (χ4v) is 1.70. The number of methoxy groups -OCH3 is 3. The average Bonchev–Trinajstić information content (AvgIpc) is 2.52. The van der Waals surface area contributed by atoms with Crippen molar-refractivity contribution in [2.45, 2.75) is 13.0 Å². The van der Waals surface area contributed by atoms with Crippen molar-refractivity contribution in [3.05, 3.63) is 17.7 Å². The van der Waals surface area contributed by atoms with E-state index in [1.54, 1.807) is 0 Å². The lowest BCUT2D eigenvalue weighted by atomic mass is 10.2. The van der Waals surface area contributed by atoms with Gasteiger partial charge < -0.3 is 24.7 Å². The van der Waals surface area contributed by atoms with Crippen LogP contribution in [-0.2, 0) is 9.53 Å². The first-order valence-corrected chi connectivity index (χ1v) is 6.45. The number of hydrogen-bond donors (Lipinski definition) is 2. The minimum Gasteiger partial charge on any atom is -0.493 e. The van der Waals surface area contributed by atoms with Gasteiger partial charge in [-0.05, 0) is 19.1 Å². The van der Waals surface area contributed by atoms with E-state index in [1.807, 2.05) is 5.32 Å². The number of hydrogen-bond acceptors (Lipinski definition) is 7. The van der Waals surface area contributed by atoms with E-state index in [9.17, 15) is 14.4 Å². The van der Waals surface area contributed by atoms with E-state index in [0.29, 0.717) is 5.75 Å². The maximum Gasteiger partial charge on any atom is 0.339 e. The fourth-order valence-electron chi connectivity index (χ4n) is 1.70. The highest BCUT2D eigenvalue weighted by atomic mass is 16.5. The van der Waals surface area contributed by atoms with E-state index in [-0.39, 0.29) is 17.1 Å². The summed E-state index contributed by atoms with van der Waals surface area (Å²) < 4.78 is 20.3. The number of ether oxygens (including phenoxy) is 4. The Morgan fingerprint density at radius 2 is 1.57 bits per heavy atom. The van der Waals surface area contributed by atoms with Crippen LogP contribution >= 0.6 is 0 Å². The van der Waals surface area contributed by atoms with Gasteiger partial charge in [0.25, 0.3) is 5.91 Å². The van der Waals surface area contributed by atoms with Gasteiger partial charge in [0.05, 0.1) is 26.9 Å². The van der Waals surface area contributed by atoms with Crippen LogP contribution in [0.3, 0.4) is 0 Å². The van der Waals surface area contributed by atoms with Gasteiger partial charge in [-0.3, -0.25) is 10.1 Å². The van der Waals surface area contributed by atoms with Gasteiger partial charge in [0, 0.05) is 0 Å². The predicted octanol–water partition coefficient (Wildman–Crippen LogP) is 0.453. The Morgan fingerprint density at radius 1 is 1.04 bits per heavy atom. The van der Waals surface area contributed by atoms with Crippen molar-refractivity contribution in [2.75, 3.05) is 21.3 Å². The Labute approximate surface area is 132 Å². The molecular formula is C14H18N2O7. The molecule has 0 aliphatic rings. The number of amides is 3. The second kappa shape index (κ2) is 7.87. The SMILES string of the molecule is COc1cc(C(=O)OC(C)C(=O)NC(N)=O)cc(OC)c1OC. The molecule has 0 radical (unpaired) electrons. The molecule has 0 bridgehead atoms. The zero-order valence-electron chi connectivity index (χ0n) is 13.2. The van der Waals surface area contributed by atoms with Crippen molar-refractivity contribution in [2.24, 2.45) is 5.73 Å². The number of carbonyl (C=O) groups excluding carboxylic acids is 3. The summed E-state index contributed by atoms with van der Waals surface area (Å²) in [5.41, 5.74) is 4.90. The summed E-state index contributed by atoms with van der Waals surface area (Å²) in [4.78, 5) is 34.2. The summed E-state index contributed by atoms with van der Waals surface area (Å²) in [6.45, 7) is 1.30. The fraction of sp³-hybridized carbons (Fsp3) is 0.357. The van der Waals surface area contributed by atoms with Crippen LogP contribution in [0.5, 0.6) is 17.2 Å². The van der Waals surface area contributed by atoms with Gasteiger partial charge >= 0.3 is 12.0 Å². The number of primary amides is 1. The molecule has 1 rings (SSSR count). The highest BCUT2D eigenvalue weighted by Crippen LogP contribution is 2.38. The zero-order chi connectivity index (χ0) is 17.6. The summed E-state index contributed by atoms with van der Waals surface area (Å²) in [6, 6.07) is 1.72. The van der Waals surface area contributed by atoms with Crippen LogP contribution in [0.25, 0.3) is 0 Å². The second-order valence-electron chi connectivity index (χ2n) is 4.32. The van der Waals surface area contributed by atoms with Crippen molar-refractivity contribution >= 4 is 17.9 Å². The number of nitrogens with two attached hydrogens (primary N) is 1. The van der Waals surface area contributed by atoms with E-state index in [2.05, 4.69) is 0 Å². The number of imide groups is 1. The first-order valence-electron chi connectivity index (χ1n) is 6.45. The third-order valence-corrected chi connectivity index (χ3v) is 2.80. The molecule has 1 aromatic rings. The largest absolute Gasteiger partial charge is 0.493 e. The predicted molar refractivity (Wildman–Crippen MR) is 78.7 cm³/mol. The molecule has 0 saturated heterocycles. The third kappa shape index (κ3) is 4.50. The van der Waals surface area contributed by atoms with Crippen LogP contribution < -0.4 is 25.3 Å². The summed E-state index contributed by atoms with van der Waals surface area (Å²) in [5, 5.41) is 1.82. The molecule has 3 N–H and O–H groups in total. The number of esters is 1. The minimum absolute atomic E-state index is 0.0817. The van der Waals surface area contributed by atoms with E-state index in [0.717, 1.165) is 0 Å². The molecule has 0 saturated carbocycles. The summed E-state index contributed by atoms with van der Waals surface area (Å²) in [6.07, 6.45) is -1.21. The van der Waals surface area contributed by atoms with Gasteiger partial charge in [-0.25, -0.2) is 9.59 Å². The molecule has 1 unspecified atom stereocenters. The van der Waals surface area contributed by atoms with Gasteiger partial charge in [0.15, 0.2) is 17.6 Å². The third-order valence-electron chi connectivity index (χ3n) is 2.80. The number of rotatable bonds is 6. The standard InChI is InChI=1S/C14H18N2O7/c1-7(12(17)16-14(15)19)23-13(18)8-5-9(20-2)11(22-4)10(6-8)21-3/h5-7H,1-4H3,(H3,15,16,17,19). The number of carbonyl (C=O) groups is 3. The molecular weight excluding hydrogens is 308 g/mol. The molecule has 9 nitrogen and oxygen atoms in total.